The van der Waals surface area contributed by atoms with E-state index < -0.39 is 0 Å². The maximum absolute atomic E-state index is 9.00. The van der Waals surface area contributed by atoms with E-state index >= 15 is 0 Å². The van der Waals surface area contributed by atoms with Gasteiger partial charge >= 0.3 is 0 Å². The van der Waals surface area contributed by atoms with Gasteiger partial charge in [-0.3, -0.25) is 0 Å². The van der Waals surface area contributed by atoms with Crippen molar-refractivity contribution in [1.29, 1.82) is 5.26 Å². The highest BCUT2D eigenvalue weighted by Gasteiger charge is 2.17. The van der Waals surface area contributed by atoms with E-state index in [-0.39, 0.29) is 0 Å². The molecule has 0 radical (unpaired) electrons. The summed E-state index contributed by atoms with van der Waals surface area (Å²) >= 11 is 7.20. The number of hydrogen-bond acceptors (Lipinski definition) is 6. The van der Waals surface area contributed by atoms with Gasteiger partial charge in [-0.1, -0.05) is 35.0 Å². The van der Waals surface area contributed by atoms with Crippen molar-refractivity contribution >= 4 is 60.1 Å². The van der Waals surface area contributed by atoms with Crippen molar-refractivity contribution in [3.63, 3.8) is 0 Å². The van der Waals surface area contributed by atoms with E-state index in [1.165, 1.54) is 0 Å². The van der Waals surface area contributed by atoms with Crippen LogP contribution < -0.4 is 15.4 Å². The van der Waals surface area contributed by atoms with E-state index in [9.17, 15) is 0 Å². The van der Waals surface area contributed by atoms with Crippen molar-refractivity contribution in [3.8, 4) is 17.7 Å². The molecule has 0 unspecified atom stereocenters. The van der Waals surface area contributed by atoms with Gasteiger partial charge in [0.2, 0.25) is 11.8 Å². The van der Waals surface area contributed by atoms with Crippen LogP contribution in [0.4, 0.5) is 17.5 Å². The van der Waals surface area contributed by atoms with Crippen LogP contribution in [0.15, 0.2) is 63.5 Å². The summed E-state index contributed by atoms with van der Waals surface area (Å²) in [6, 6.07) is 19.3. The topological polar surface area (TPSA) is 82.9 Å². The van der Waals surface area contributed by atoms with Crippen LogP contribution in [0, 0.1) is 11.3 Å². The number of aromatic nitrogens is 2. The maximum atomic E-state index is 9.00. The zero-order valence-electron chi connectivity index (χ0n) is 17.4. The fourth-order valence-electron chi connectivity index (χ4n) is 3.31. The molecule has 0 aliphatic carbocycles. The number of hydrogen-bond donors (Lipinski definition) is 2. The fourth-order valence-corrected chi connectivity index (χ4v) is 4.26. The van der Waals surface area contributed by atoms with Gasteiger partial charge in [0.25, 0.3) is 0 Å². The van der Waals surface area contributed by atoms with Crippen molar-refractivity contribution in [2.24, 2.45) is 0 Å². The summed E-state index contributed by atoms with van der Waals surface area (Å²) in [5, 5.41) is 17.5. The van der Waals surface area contributed by atoms with Gasteiger partial charge in [-0.15, -0.1) is 0 Å². The van der Waals surface area contributed by atoms with E-state index in [1.54, 1.807) is 12.1 Å². The smallest absolute Gasteiger partial charge is 0.232 e. The Morgan fingerprint density at radius 1 is 1.03 bits per heavy atom. The molecule has 6 nitrogen and oxygen atoms in total. The summed E-state index contributed by atoms with van der Waals surface area (Å²) in [7, 11) is 1.82. The second-order valence-electron chi connectivity index (χ2n) is 6.94. The van der Waals surface area contributed by atoms with Crippen LogP contribution in [0.3, 0.4) is 0 Å². The number of fused-ring (bicyclic) bond motifs is 1. The van der Waals surface area contributed by atoms with Crippen LogP contribution >= 0.6 is 31.9 Å². The quantitative estimate of drug-likeness (QED) is 0.264. The number of rotatable bonds is 6. The Balaban J connectivity index is 1.73. The SMILES string of the molecule is CCc1c(NC)nc(Nc2ccc(C#N)cc2)nc1Oc1ccc2cc(Br)ccc2c1Br. The molecule has 2 N–H and O–H groups in total. The third kappa shape index (κ3) is 4.54. The average Bonchev–Trinajstić information content (AvgIpc) is 2.81. The van der Waals surface area contributed by atoms with Gasteiger partial charge in [-0.25, -0.2) is 0 Å². The Kier molecular flexibility index (Phi) is 6.58. The van der Waals surface area contributed by atoms with Gasteiger partial charge in [0.05, 0.1) is 21.7 Å². The second-order valence-corrected chi connectivity index (χ2v) is 8.65. The molecule has 0 saturated heterocycles. The Morgan fingerprint density at radius 2 is 1.81 bits per heavy atom. The van der Waals surface area contributed by atoms with Gasteiger partial charge < -0.3 is 15.4 Å². The highest BCUT2D eigenvalue weighted by molar-refractivity contribution is 9.11. The van der Waals surface area contributed by atoms with Crippen LogP contribution in [0.1, 0.15) is 18.1 Å². The van der Waals surface area contributed by atoms with Crippen LogP contribution in [0.2, 0.25) is 0 Å². The molecular weight excluding hydrogens is 534 g/mol. The van der Waals surface area contributed by atoms with Gasteiger partial charge in [0, 0.05) is 17.2 Å². The molecule has 8 heteroatoms. The van der Waals surface area contributed by atoms with Crippen molar-refractivity contribution < 1.29 is 4.74 Å². The molecule has 1 heterocycles. The number of ether oxygens (including phenoxy) is 1. The molecule has 0 spiro atoms. The predicted octanol–water partition coefficient (Wildman–Crippen LogP) is 7.17. The summed E-state index contributed by atoms with van der Waals surface area (Å²) < 4.78 is 8.17. The molecule has 0 saturated carbocycles. The number of benzene rings is 3. The lowest BCUT2D eigenvalue weighted by Gasteiger charge is -2.16. The Hall–Kier alpha value is -3.15. The molecular formula is C24H19Br2N5O. The standard InChI is InChI=1S/C24H19Br2N5O/c1-3-18-22(28-2)30-24(29-17-8-4-14(13-27)5-9-17)31-23(18)32-20-11-6-15-12-16(25)7-10-19(15)21(20)26/h4-12H,3H2,1-2H3,(H2,28,29,30,31). The monoisotopic (exact) mass is 551 g/mol. The molecule has 0 bridgehead atoms. The summed E-state index contributed by atoms with van der Waals surface area (Å²) in [5.74, 6) is 2.22. The first-order valence-corrected chi connectivity index (χ1v) is 11.5. The Morgan fingerprint density at radius 3 is 2.50 bits per heavy atom. The molecule has 0 aliphatic rings. The largest absolute Gasteiger partial charge is 0.437 e. The van der Waals surface area contributed by atoms with Crippen LogP contribution in [0.25, 0.3) is 10.8 Å². The third-order valence-corrected chi connectivity index (χ3v) is 6.23. The van der Waals surface area contributed by atoms with E-state index in [0.717, 1.165) is 31.0 Å². The molecule has 4 rings (SSSR count). The molecule has 0 aliphatic heterocycles. The molecule has 0 atom stereocenters. The minimum atomic E-state index is 0.395. The molecule has 1 aromatic heterocycles. The Labute approximate surface area is 202 Å². The zero-order chi connectivity index (χ0) is 22.7. The first-order chi connectivity index (χ1) is 15.5. The molecule has 32 heavy (non-hydrogen) atoms. The predicted molar refractivity (Wildman–Crippen MR) is 135 cm³/mol. The Bertz CT molecular complexity index is 1330. The maximum Gasteiger partial charge on any atom is 0.232 e. The minimum Gasteiger partial charge on any atom is -0.437 e. The van der Waals surface area contributed by atoms with E-state index in [0.29, 0.717) is 35.4 Å². The van der Waals surface area contributed by atoms with Crippen molar-refractivity contribution in [2.45, 2.75) is 13.3 Å². The lowest BCUT2D eigenvalue weighted by atomic mass is 10.1. The van der Waals surface area contributed by atoms with Crippen LogP contribution in [0.5, 0.6) is 11.6 Å². The van der Waals surface area contributed by atoms with E-state index in [4.69, 9.17) is 10.00 Å². The van der Waals surface area contributed by atoms with Crippen LogP contribution in [-0.2, 0) is 6.42 Å². The average molecular weight is 553 g/mol. The number of nitriles is 1. The summed E-state index contributed by atoms with van der Waals surface area (Å²) in [6.07, 6.45) is 0.695. The number of nitrogens with zero attached hydrogens (tertiary/aromatic N) is 3. The van der Waals surface area contributed by atoms with Crippen molar-refractivity contribution in [3.05, 3.63) is 74.7 Å². The lowest BCUT2D eigenvalue weighted by molar-refractivity contribution is 0.455. The highest BCUT2D eigenvalue weighted by Crippen LogP contribution is 2.38. The first-order valence-electron chi connectivity index (χ1n) is 9.93. The molecule has 0 amide bonds. The summed E-state index contributed by atoms with van der Waals surface area (Å²) in [6.45, 7) is 2.03. The van der Waals surface area contributed by atoms with Gasteiger partial charge in [-0.2, -0.15) is 15.2 Å². The van der Waals surface area contributed by atoms with E-state index in [1.807, 2.05) is 50.4 Å². The van der Waals surface area contributed by atoms with Crippen LogP contribution in [-0.4, -0.2) is 17.0 Å². The second kappa shape index (κ2) is 9.55. The zero-order valence-corrected chi connectivity index (χ0v) is 20.6. The fraction of sp³-hybridized carbons (Fsp3) is 0.125. The summed E-state index contributed by atoms with van der Waals surface area (Å²) in [4.78, 5) is 9.23. The highest BCUT2D eigenvalue weighted by atomic mass is 79.9. The lowest BCUT2D eigenvalue weighted by Crippen LogP contribution is -2.07. The summed E-state index contributed by atoms with van der Waals surface area (Å²) in [5.41, 5.74) is 2.24. The molecule has 3 aromatic carbocycles. The molecule has 0 fully saturated rings. The van der Waals surface area contributed by atoms with Gasteiger partial charge in [0.15, 0.2) is 0 Å². The van der Waals surface area contributed by atoms with Crippen molar-refractivity contribution in [2.75, 3.05) is 17.7 Å². The normalized spacial score (nSPS) is 10.6. The molecule has 4 aromatic rings. The third-order valence-electron chi connectivity index (χ3n) is 4.92. The molecule has 160 valence electrons. The van der Waals surface area contributed by atoms with Gasteiger partial charge in [-0.05, 0) is 75.6 Å². The number of anilines is 3. The van der Waals surface area contributed by atoms with Crippen molar-refractivity contribution in [1.82, 2.24) is 9.97 Å². The van der Waals surface area contributed by atoms with E-state index in [2.05, 4.69) is 64.6 Å². The minimum absolute atomic E-state index is 0.395. The number of nitrogens with one attached hydrogen (secondary N) is 2. The first kappa shape index (κ1) is 22.1. The van der Waals surface area contributed by atoms with Gasteiger partial charge in [0.1, 0.15) is 11.6 Å². The number of halogens is 2.